The second-order valence-electron chi connectivity index (χ2n) is 6.37. The molecule has 0 saturated carbocycles. The summed E-state index contributed by atoms with van der Waals surface area (Å²) in [5.41, 5.74) is 8.01. The number of piperidine rings is 1. The van der Waals surface area contributed by atoms with Gasteiger partial charge < -0.3 is 20.9 Å². The van der Waals surface area contributed by atoms with Crippen molar-refractivity contribution in [1.82, 2.24) is 15.1 Å². The average Bonchev–Trinajstić information content (AvgIpc) is 2.50. The number of nitrogen functional groups attached to an aromatic ring is 1. The molecular formula is C17H28N4O. The molecule has 1 aromatic carbocycles. The van der Waals surface area contributed by atoms with Crippen LogP contribution in [0.3, 0.4) is 0 Å². The van der Waals surface area contributed by atoms with Gasteiger partial charge in [0.15, 0.2) is 0 Å². The molecule has 1 heterocycles. The fourth-order valence-electron chi connectivity index (χ4n) is 2.97. The molecule has 1 fully saturated rings. The van der Waals surface area contributed by atoms with E-state index in [1.165, 1.54) is 12.8 Å². The van der Waals surface area contributed by atoms with E-state index in [0.717, 1.165) is 25.2 Å². The molecule has 1 saturated heterocycles. The second kappa shape index (κ2) is 7.61. The summed E-state index contributed by atoms with van der Waals surface area (Å²) >= 11 is 0. The maximum absolute atomic E-state index is 12.2. The average molecular weight is 304 g/mol. The van der Waals surface area contributed by atoms with E-state index in [4.69, 9.17) is 5.73 Å². The molecule has 2 rings (SSSR count). The summed E-state index contributed by atoms with van der Waals surface area (Å²) in [5, 5.41) is 3.00. The summed E-state index contributed by atoms with van der Waals surface area (Å²) in [6.45, 7) is 5.74. The van der Waals surface area contributed by atoms with Crippen molar-refractivity contribution in [1.29, 1.82) is 0 Å². The number of nitrogens with one attached hydrogen (secondary N) is 1. The fourth-order valence-corrected chi connectivity index (χ4v) is 2.97. The number of anilines is 1. The van der Waals surface area contributed by atoms with E-state index < -0.39 is 0 Å². The minimum atomic E-state index is -0.0343. The van der Waals surface area contributed by atoms with Crippen molar-refractivity contribution < 1.29 is 4.79 Å². The largest absolute Gasteiger partial charge is 0.399 e. The highest BCUT2D eigenvalue weighted by molar-refractivity contribution is 5.96. The van der Waals surface area contributed by atoms with Crippen LogP contribution in [0.5, 0.6) is 0 Å². The third-order valence-corrected chi connectivity index (χ3v) is 4.51. The molecule has 22 heavy (non-hydrogen) atoms. The van der Waals surface area contributed by atoms with Crippen LogP contribution in [0.1, 0.15) is 28.8 Å². The van der Waals surface area contributed by atoms with Crippen molar-refractivity contribution in [3.63, 3.8) is 0 Å². The number of rotatable bonds is 5. The Morgan fingerprint density at radius 2 is 2.05 bits per heavy atom. The lowest BCUT2D eigenvalue weighted by Gasteiger charge is -2.35. The van der Waals surface area contributed by atoms with Crippen LogP contribution in [-0.2, 0) is 0 Å². The molecule has 1 aliphatic heterocycles. The van der Waals surface area contributed by atoms with Crippen LogP contribution in [0.2, 0.25) is 0 Å². The van der Waals surface area contributed by atoms with Crippen LogP contribution in [0.25, 0.3) is 0 Å². The highest BCUT2D eigenvalue weighted by Crippen LogP contribution is 2.14. The maximum Gasteiger partial charge on any atom is 0.251 e. The van der Waals surface area contributed by atoms with Crippen LogP contribution < -0.4 is 11.1 Å². The van der Waals surface area contributed by atoms with Crippen molar-refractivity contribution in [2.24, 2.45) is 0 Å². The number of aryl methyl sites for hydroxylation is 1. The molecule has 0 aromatic heterocycles. The molecule has 0 unspecified atom stereocenters. The van der Waals surface area contributed by atoms with Gasteiger partial charge in [0, 0.05) is 30.4 Å². The van der Waals surface area contributed by atoms with E-state index in [-0.39, 0.29) is 5.91 Å². The Morgan fingerprint density at radius 1 is 1.36 bits per heavy atom. The number of hydrogen-bond acceptors (Lipinski definition) is 4. The number of nitrogens with two attached hydrogens (primary N) is 1. The van der Waals surface area contributed by atoms with E-state index in [9.17, 15) is 4.79 Å². The number of hydrogen-bond donors (Lipinski definition) is 2. The monoisotopic (exact) mass is 304 g/mol. The third-order valence-electron chi connectivity index (χ3n) is 4.51. The Morgan fingerprint density at radius 3 is 2.68 bits per heavy atom. The smallest absolute Gasteiger partial charge is 0.251 e. The Hall–Kier alpha value is -1.59. The van der Waals surface area contributed by atoms with Crippen LogP contribution in [0.15, 0.2) is 18.2 Å². The number of nitrogens with zero attached hydrogens (tertiary/aromatic N) is 2. The molecular weight excluding hydrogens is 276 g/mol. The SMILES string of the molecule is Cc1ccc(N)cc1C(=O)NCCN1CCC(N(C)C)CC1. The molecule has 0 atom stereocenters. The first-order valence-corrected chi connectivity index (χ1v) is 8.00. The van der Waals surface area contributed by atoms with Gasteiger partial charge in [-0.2, -0.15) is 0 Å². The number of benzene rings is 1. The topological polar surface area (TPSA) is 61.6 Å². The quantitative estimate of drug-likeness (QED) is 0.806. The summed E-state index contributed by atoms with van der Waals surface area (Å²) in [6, 6.07) is 6.14. The zero-order valence-electron chi connectivity index (χ0n) is 13.9. The van der Waals surface area contributed by atoms with Gasteiger partial charge in [-0.25, -0.2) is 0 Å². The lowest BCUT2D eigenvalue weighted by atomic mass is 10.0. The lowest BCUT2D eigenvalue weighted by molar-refractivity contribution is 0.0940. The zero-order valence-corrected chi connectivity index (χ0v) is 13.9. The van der Waals surface area contributed by atoms with Gasteiger partial charge in [-0.15, -0.1) is 0 Å². The molecule has 0 bridgehead atoms. The van der Waals surface area contributed by atoms with Crippen molar-refractivity contribution in [2.45, 2.75) is 25.8 Å². The molecule has 0 spiro atoms. The van der Waals surface area contributed by atoms with E-state index in [1.807, 2.05) is 19.1 Å². The molecule has 1 aromatic rings. The zero-order chi connectivity index (χ0) is 16.1. The Bertz CT molecular complexity index is 507. The number of amides is 1. The summed E-state index contributed by atoms with van der Waals surface area (Å²) in [7, 11) is 4.29. The van der Waals surface area contributed by atoms with E-state index in [2.05, 4.69) is 29.2 Å². The number of carbonyl (C=O) groups is 1. The van der Waals surface area contributed by atoms with Gasteiger partial charge in [0.05, 0.1) is 0 Å². The van der Waals surface area contributed by atoms with Crippen LogP contribution in [0, 0.1) is 6.92 Å². The molecule has 0 radical (unpaired) electrons. The van der Waals surface area contributed by atoms with Crippen molar-refractivity contribution in [3.05, 3.63) is 29.3 Å². The Balaban J connectivity index is 1.75. The maximum atomic E-state index is 12.2. The van der Waals surface area contributed by atoms with E-state index in [0.29, 0.717) is 23.8 Å². The molecule has 3 N–H and O–H groups in total. The van der Waals surface area contributed by atoms with Gasteiger partial charge in [-0.3, -0.25) is 4.79 Å². The minimum absolute atomic E-state index is 0.0343. The van der Waals surface area contributed by atoms with Crippen molar-refractivity contribution >= 4 is 11.6 Å². The Labute approximate surface area is 133 Å². The molecule has 5 nitrogen and oxygen atoms in total. The third kappa shape index (κ3) is 4.45. The van der Waals surface area contributed by atoms with Gasteiger partial charge in [0.1, 0.15) is 0 Å². The van der Waals surface area contributed by atoms with Crippen LogP contribution in [0.4, 0.5) is 5.69 Å². The normalized spacial score (nSPS) is 16.9. The van der Waals surface area contributed by atoms with Gasteiger partial charge in [-0.05, 0) is 64.6 Å². The van der Waals surface area contributed by atoms with Gasteiger partial charge in [0.2, 0.25) is 0 Å². The summed E-state index contributed by atoms with van der Waals surface area (Å²) in [5.74, 6) is -0.0343. The minimum Gasteiger partial charge on any atom is -0.399 e. The first-order chi connectivity index (χ1) is 10.5. The molecule has 5 heteroatoms. The molecule has 1 aliphatic rings. The summed E-state index contributed by atoms with van der Waals surface area (Å²) < 4.78 is 0. The van der Waals surface area contributed by atoms with Crippen molar-refractivity contribution in [2.75, 3.05) is 46.0 Å². The predicted molar refractivity (Wildman–Crippen MR) is 91.1 cm³/mol. The first-order valence-electron chi connectivity index (χ1n) is 8.00. The first kappa shape index (κ1) is 16.8. The van der Waals surface area contributed by atoms with Crippen molar-refractivity contribution in [3.8, 4) is 0 Å². The standard InChI is InChI=1S/C17H28N4O/c1-13-4-5-14(18)12-16(13)17(22)19-8-11-21-9-6-15(7-10-21)20(2)3/h4-5,12,15H,6-11,18H2,1-3H3,(H,19,22). The van der Waals surface area contributed by atoms with Crippen LogP contribution >= 0.6 is 0 Å². The summed E-state index contributed by atoms with van der Waals surface area (Å²) in [4.78, 5) is 16.9. The van der Waals surface area contributed by atoms with E-state index >= 15 is 0 Å². The second-order valence-corrected chi connectivity index (χ2v) is 6.37. The van der Waals surface area contributed by atoms with Gasteiger partial charge >= 0.3 is 0 Å². The van der Waals surface area contributed by atoms with Gasteiger partial charge in [0.25, 0.3) is 5.91 Å². The molecule has 122 valence electrons. The highest BCUT2D eigenvalue weighted by atomic mass is 16.1. The molecule has 0 aliphatic carbocycles. The number of likely N-dealkylation sites (tertiary alicyclic amines) is 1. The summed E-state index contributed by atoms with van der Waals surface area (Å²) in [6.07, 6.45) is 2.41. The predicted octanol–water partition coefficient (Wildman–Crippen LogP) is 1.33. The van der Waals surface area contributed by atoms with Crippen LogP contribution in [-0.4, -0.2) is 62.0 Å². The van der Waals surface area contributed by atoms with Gasteiger partial charge in [-0.1, -0.05) is 6.07 Å². The highest BCUT2D eigenvalue weighted by Gasteiger charge is 2.20. The number of carbonyl (C=O) groups excluding carboxylic acids is 1. The lowest BCUT2D eigenvalue weighted by Crippen LogP contribution is -2.44. The fraction of sp³-hybridized carbons (Fsp3) is 0.588. The van der Waals surface area contributed by atoms with E-state index in [1.54, 1.807) is 6.07 Å². The molecule has 1 amide bonds. The Kier molecular flexibility index (Phi) is 5.80.